The van der Waals surface area contributed by atoms with Crippen LogP contribution in [-0.2, 0) is 6.42 Å². The summed E-state index contributed by atoms with van der Waals surface area (Å²) in [7, 11) is 0. The van der Waals surface area contributed by atoms with E-state index in [0.29, 0.717) is 6.42 Å². The van der Waals surface area contributed by atoms with Crippen molar-refractivity contribution in [3.05, 3.63) is 129 Å². The van der Waals surface area contributed by atoms with Gasteiger partial charge >= 0.3 is 0 Å². The lowest BCUT2D eigenvalue weighted by Gasteiger charge is -2.40. The molecule has 0 bridgehead atoms. The Balaban J connectivity index is 1.12. The van der Waals surface area contributed by atoms with Gasteiger partial charge in [0.05, 0.1) is 5.02 Å². The van der Waals surface area contributed by atoms with Crippen LogP contribution in [0.25, 0.3) is 0 Å². The van der Waals surface area contributed by atoms with Crippen molar-refractivity contribution in [2.75, 3.05) is 32.7 Å². The molecule has 0 spiro atoms. The van der Waals surface area contributed by atoms with Crippen LogP contribution in [0.5, 0.6) is 0 Å². The molecule has 1 fully saturated rings. The maximum Gasteiger partial charge on any atom is 0.142 e. The molecule has 0 N–H and O–H groups in total. The van der Waals surface area contributed by atoms with Crippen LogP contribution in [0.2, 0.25) is 5.02 Å². The summed E-state index contributed by atoms with van der Waals surface area (Å²) in [5, 5.41) is 0.104. The van der Waals surface area contributed by atoms with E-state index in [1.807, 2.05) is 30.3 Å². The first kappa shape index (κ1) is 29.2. The molecule has 0 radical (unpaired) electrons. The molecule has 2 nitrogen and oxygen atoms in total. The smallest absolute Gasteiger partial charge is 0.142 e. The monoisotopic (exact) mass is 610 g/mol. The largest absolute Gasteiger partial charge is 0.301 e. The molecule has 0 saturated carbocycles. The zero-order valence-electron chi connectivity index (χ0n) is 23.0. The van der Waals surface area contributed by atoms with Crippen molar-refractivity contribution in [1.29, 1.82) is 0 Å². The van der Waals surface area contributed by atoms with Gasteiger partial charge < -0.3 is 4.90 Å². The Labute approximate surface area is 253 Å². The van der Waals surface area contributed by atoms with E-state index in [1.54, 1.807) is 6.07 Å². The molecule has 4 aromatic carbocycles. The second-order valence-electron chi connectivity index (χ2n) is 11.1. The summed E-state index contributed by atoms with van der Waals surface area (Å²) in [6, 6.07) is 21.3. The minimum atomic E-state index is -0.467. The summed E-state index contributed by atoms with van der Waals surface area (Å²) in [5.74, 6) is -1.25. The maximum atomic E-state index is 14.5. The van der Waals surface area contributed by atoms with Crippen molar-refractivity contribution in [2.45, 2.75) is 41.0 Å². The van der Waals surface area contributed by atoms with Gasteiger partial charge in [-0.25, -0.2) is 17.6 Å². The Hall–Kier alpha value is -2.84. The molecule has 0 unspecified atom stereocenters. The minimum Gasteiger partial charge on any atom is -0.301 e. The van der Waals surface area contributed by atoms with E-state index in [-0.39, 0.29) is 34.4 Å². The van der Waals surface area contributed by atoms with Gasteiger partial charge in [-0.05, 0) is 96.6 Å². The fraction of sp³-hybridized carbons (Fsp3) is 0.294. The standard InChI is InChI=1S/C34H31ClF4N2S/c35-30-20-29-32(18-24-7-12-27(38)19-33(24)42-34(29)21-31(30)39)41-16-14-40(15-17-41)13-1-2-28(22-3-8-25(36)9-4-22)23-5-10-26(37)11-6-23/h3-12,19-21,28,32H,1-2,13-18H2/t32-/m0/s1. The summed E-state index contributed by atoms with van der Waals surface area (Å²) < 4.78 is 55.7. The van der Waals surface area contributed by atoms with E-state index in [0.717, 1.165) is 77.6 Å². The third kappa shape index (κ3) is 6.55. The average Bonchev–Trinajstić information content (AvgIpc) is 3.13. The molecule has 218 valence electrons. The number of fused-ring (bicyclic) bond motifs is 2. The van der Waals surface area contributed by atoms with Crippen LogP contribution < -0.4 is 0 Å². The zero-order chi connectivity index (χ0) is 29.2. The fourth-order valence-corrected chi connectivity index (χ4v) is 7.52. The number of halogens is 5. The first-order valence-electron chi connectivity index (χ1n) is 14.3. The normalized spacial score (nSPS) is 17.6. The van der Waals surface area contributed by atoms with Gasteiger partial charge in [-0.1, -0.05) is 53.7 Å². The molecule has 0 amide bonds. The molecule has 2 heterocycles. The Morgan fingerprint density at radius 1 is 0.738 bits per heavy atom. The minimum absolute atomic E-state index is 0.0146. The van der Waals surface area contributed by atoms with Gasteiger partial charge in [0.15, 0.2) is 0 Å². The molecule has 8 heteroatoms. The van der Waals surface area contributed by atoms with E-state index in [2.05, 4.69) is 9.80 Å². The molecule has 2 aliphatic heterocycles. The average molecular weight is 611 g/mol. The predicted molar refractivity (Wildman–Crippen MR) is 160 cm³/mol. The SMILES string of the molecule is Fc1ccc(C(CCCN2CCN([C@H]3Cc4ccc(F)cc4Sc4cc(F)c(Cl)cc43)CC2)c2ccc(F)cc2)cc1. The van der Waals surface area contributed by atoms with Crippen LogP contribution in [0, 0.1) is 23.3 Å². The highest BCUT2D eigenvalue weighted by Crippen LogP contribution is 2.45. The maximum absolute atomic E-state index is 14.5. The van der Waals surface area contributed by atoms with E-state index in [1.165, 1.54) is 54.2 Å². The predicted octanol–water partition coefficient (Wildman–Crippen LogP) is 8.87. The summed E-state index contributed by atoms with van der Waals surface area (Å²) in [6.45, 7) is 4.40. The third-order valence-electron chi connectivity index (χ3n) is 8.43. The third-order valence-corrected chi connectivity index (χ3v) is 9.90. The molecular weight excluding hydrogens is 580 g/mol. The van der Waals surface area contributed by atoms with Crippen LogP contribution in [0.15, 0.2) is 88.7 Å². The van der Waals surface area contributed by atoms with Crippen molar-refractivity contribution < 1.29 is 17.6 Å². The van der Waals surface area contributed by atoms with Crippen molar-refractivity contribution in [3.8, 4) is 0 Å². The molecule has 2 aliphatic rings. The summed E-state index contributed by atoms with van der Waals surface area (Å²) >= 11 is 7.64. The topological polar surface area (TPSA) is 6.48 Å². The van der Waals surface area contributed by atoms with Crippen molar-refractivity contribution >= 4 is 23.4 Å². The van der Waals surface area contributed by atoms with E-state index >= 15 is 0 Å². The second-order valence-corrected chi connectivity index (χ2v) is 12.5. The molecular formula is C34H31ClF4N2S. The van der Waals surface area contributed by atoms with E-state index in [9.17, 15) is 17.6 Å². The summed E-state index contributed by atoms with van der Waals surface area (Å²) in [4.78, 5) is 6.48. The molecule has 1 atom stereocenters. The van der Waals surface area contributed by atoms with Gasteiger partial charge in [0.25, 0.3) is 0 Å². The zero-order valence-corrected chi connectivity index (χ0v) is 24.6. The quantitative estimate of drug-likeness (QED) is 0.193. The van der Waals surface area contributed by atoms with Crippen LogP contribution in [0.1, 0.15) is 47.1 Å². The Morgan fingerprint density at radius 3 is 2.00 bits per heavy atom. The molecule has 42 heavy (non-hydrogen) atoms. The van der Waals surface area contributed by atoms with Gasteiger partial charge in [-0.2, -0.15) is 0 Å². The number of benzene rings is 4. The van der Waals surface area contributed by atoms with Gasteiger partial charge in [0.1, 0.15) is 23.3 Å². The summed E-state index contributed by atoms with van der Waals surface area (Å²) in [5.41, 5.74) is 4.08. The first-order chi connectivity index (χ1) is 20.3. The Morgan fingerprint density at radius 2 is 1.36 bits per heavy atom. The molecule has 4 aromatic rings. The highest BCUT2D eigenvalue weighted by Gasteiger charge is 2.31. The van der Waals surface area contributed by atoms with E-state index in [4.69, 9.17) is 11.6 Å². The van der Waals surface area contributed by atoms with Crippen LogP contribution in [0.3, 0.4) is 0 Å². The number of piperazine rings is 1. The van der Waals surface area contributed by atoms with Gasteiger partial charge in [0.2, 0.25) is 0 Å². The van der Waals surface area contributed by atoms with Gasteiger partial charge in [0, 0.05) is 47.9 Å². The Bertz CT molecular complexity index is 1490. The Kier molecular flexibility index (Phi) is 8.91. The highest BCUT2D eigenvalue weighted by molar-refractivity contribution is 7.99. The van der Waals surface area contributed by atoms with Crippen LogP contribution in [0.4, 0.5) is 17.6 Å². The molecule has 0 aromatic heterocycles. The van der Waals surface area contributed by atoms with Gasteiger partial charge in [-0.3, -0.25) is 4.90 Å². The summed E-state index contributed by atoms with van der Waals surface area (Å²) in [6.07, 6.45) is 2.51. The van der Waals surface area contributed by atoms with Gasteiger partial charge in [-0.15, -0.1) is 0 Å². The van der Waals surface area contributed by atoms with Crippen molar-refractivity contribution in [3.63, 3.8) is 0 Å². The van der Waals surface area contributed by atoms with Crippen LogP contribution in [-0.4, -0.2) is 42.5 Å². The molecule has 6 rings (SSSR count). The lowest BCUT2D eigenvalue weighted by Crippen LogP contribution is -2.48. The lowest BCUT2D eigenvalue weighted by molar-refractivity contribution is 0.0931. The van der Waals surface area contributed by atoms with Crippen molar-refractivity contribution in [1.82, 2.24) is 9.80 Å². The fourth-order valence-electron chi connectivity index (χ4n) is 6.18. The molecule has 1 saturated heterocycles. The number of hydrogen-bond donors (Lipinski definition) is 0. The number of hydrogen-bond acceptors (Lipinski definition) is 3. The number of nitrogens with zero attached hydrogens (tertiary/aromatic N) is 2. The van der Waals surface area contributed by atoms with E-state index < -0.39 is 5.82 Å². The molecule has 0 aliphatic carbocycles. The lowest BCUT2D eigenvalue weighted by atomic mass is 9.87. The van der Waals surface area contributed by atoms with Crippen molar-refractivity contribution in [2.24, 2.45) is 0 Å². The number of rotatable bonds is 7. The first-order valence-corrected chi connectivity index (χ1v) is 15.5. The second kappa shape index (κ2) is 12.8. The van der Waals surface area contributed by atoms with Crippen LogP contribution >= 0.6 is 23.4 Å². The highest BCUT2D eigenvalue weighted by atomic mass is 35.5.